The average molecular weight is 591 g/mol. The van der Waals surface area contributed by atoms with Crippen LogP contribution < -0.4 is 0 Å². The van der Waals surface area contributed by atoms with Gasteiger partial charge < -0.3 is 0 Å². The van der Waals surface area contributed by atoms with Crippen LogP contribution in [0.2, 0.25) is 0 Å². The first kappa shape index (κ1) is 28.0. The Kier molecular flexibility index (Phi) is 6.90. The van der Waals surface area contributed by atoms with Gasteiger partial charge in [-0.15, -0.1) is 0 Å². The van der Waals surface area contributed by atoms with Gasteiger partial charge in [0.1, 0.15) is 11.8 Å². The summed E-state index contributed by atoms with van der Waals surface area (Å²) in [6, 6.07) is 24.2. The first-order valence-electron chi connectivity index (χ1n) is 13.4. The van der Waals surface area contributed by atoms with Gasteiger partial charge in [0.15, 0.2) is 34.7 Å². The molecule has 4 aromatic rings. The third-order valence-electron chi connectivity index (χ3n) is 7.80. The molecule has 2 atom stereocenters. The van der Waals surface area contributed by atoms with Crippen molar-refractivity contribution in [3.05, 3.63) is 130 Å². The zero-order valence-corrected chi connectivity index (χ0v) is 23.3. The standard InChI is InChI=1S/C34H22O8S/c35-27(15-19-7-3-1-4-8-19)29-31(37)23-13-11-21(17-25(23)33(29)39)43(41,42)22-12-14-24-26(18-22)34(40)30(32(24)38)28(36)16-20-9-5-2-6-10-20/h1-14,17-18,29-30H,15-16H2. The predicted molar refractivity (Wildman–Crippen MR) is 153 cm³/mol. The summed E-state index contributed by atoms with van der Waals surface area (Å²) < 4.78 is 27.2. The SMILES string of the molecule is O=C(Cc1ccccc1)C1C(=O)c2ccc(S(=O)(=O)c3ccc4c(c3)C(=O)C(C(=O)Cc3ccccc3)C4=O)cc2C1=O. The van der Waals surface area contributed by atoms with E-state index in [0.29, 0.717) is 11.1 Å². The minimum Gasteiger partial charge on any atom is -0.298 e. The molecule has 0 saturated heterocycles. The van der Waals surface area contributed by atoms with Gasteiger partial charge in [-0.3, -0.25) is 28.8 Å². The Morgan fingerprint density at radius 2 is 0.837 bits per heavy atom. The molecule has 0 fully saturated rings. The average Bonchev–Trinajstić information content (AvgIpc) is 3.41. The zero-order chi connectivity index (χ0) is 30.5. The van der Waals surface area contributed by atoms with E-state index >= 15 is 0 Å². The van der Waals surface area contributed by atoms with Crippen molar-refractivity contribution in [1.29, 1.82) is 0 Å². The smallest absolute Gasteiger partial charge is 0.206 e. The lowest BCUT2D eigenvalue weighted by Gasteiger charge is -2.08. The summed E-state index contributed by atoms with van der Waals surface area (Å²) in [5.41, 5.74) is 0.865. The van der Waals surface area contributed by atoms with Crippen LogP contribution in [0.4, 0.5) is 0 Å². The van der Waals surface area contributed by atoms with E-state index in [9.17, 15) is 37.2 Å². The summed E-state index contributed by atoms with van der Waals surface area (Å²) in [6.07, 6.45) is -0.252. The topological polar surface area (TPSA) is 137 Å². The van der Waals surface area contributed by atoms with Crippen molar-refractivity contribution in [2.45, 2.75) is 22.6 Å². The maximum absolute atomic E-state index is 13.6. The van der Waals surface area contributed by atoms with Crippen LogP contribution in [0.1, 0.15) is 52.6 Å². The van der Waals surface area contributed by atoms with Crippen LogP contribution in [0.3, 0.4) is 0 Å². The maximum atomic E-state index is 13.6. The van der Waals surface area contributed by atoms with Crippen LogP contribution in [-0.4, -0.2) is 43.1 Å². The molecule has 0 aliphatic heterocycles. The van der Waals surface area contributed by atoms with Crippen LogP contribution in [-0.2, 0) is 32.3 Å². The summed E-state index contributed by atoms with van der Waals surface area (Å²) in [5.74, 6) is -7.18. The fourth-order valence-electron chi connectivity index (χ4n) is 5.60. The Labute approximate surface area is 246 Å². The third kappa shape index (κ3) is 4.77. The molecule has 9 heteroatoms. The number of fused-ring (bicyclic) bond motifs is 2. The second-order valence-corrected chi connectivity index (χ2v) is 12.4. The Balaban J connectivity index is 1.27. The van der Waals surface area contributed by atoms with Crippen molar-refractivity contribution < 1.29 is 37.2 Å². The first-order chi connectivity index (χ1) is 20.6. The number of hydrogen-bond acceptors (Lipinski definition) is 8. The number of ketones is 6. The molecule has 0 bridgehead atoms. The molecule has 43 heavy (non-hydrogen) atoms. The second-order valence-electron chi connectivity index (χ2n) is 10.5. The minimum atomic E-state index is -4.33. The van der Waals surface area contributed by atoms with E-state index in [1.807, 2.05) is 0 Å². The fraction of sp³-hybridized carbons (Fsp3) is 0.118. The van der Waals surface area contributed by atoms with Crippen LogP contribution >= 0.6 is 0 Å². The molecule has 8 nitrogen and oxygen atoms in total. The molecule has 0 saturated carbocycles. The molecule has 6 rings (SSSR count). The molecule has 0 N–H and O–H groups in total. The van der Waals surface area contributed by atoms with Gasteiger partial charge in [-0.1, -0.05) is 60.7 Å². The van der Waals surface area contributed by atoms with E-state index < -0.39 is 56.4 Å². The van der Waals surface area contributed by atoms with Crippen molar-refractivity contribution in [1.82, 2.24) is 0 Å². The summed E-state index contributed by atoms with van der Waals surface area (Å²) >= 11 is 0. The lowest BCUT2D eigenvalue weighted by Crippen LogP contribution is -2.27. The lowest BCUT2D eigenvalue weighted by atomic mass is 9.94. The van der Waals surface area contributed by atoms with Crippen molar-refractivity contribution in [3.63, 3.8) is 0 Å². The minimum absolute atomic E-state index is 0.0372. The van der Waals surface area contributed by atoms with Crippen LogP contribution in [0.15, 0.2) is 107 Å². The van der Waals surface area contributed by atoms with Crippen molar-refractivity contribution in [2.75, 3.05) is 0 Å². The highest BCUT2D eigenvalue weighted by atomic mass is 32.2. The highest BCUT2D eigenvalue weighted by Crippen LogP contribution is 2.35. The van der Waals surface area contributed by atoms with E-state index in [0.717, 1.165) is 24.3 Å². The van der Waals surface area contributed by atoms with Gasteiger partial charge in [-0.25, -0.2) is 8.42 Å². The molecular formula is C34H22O8S. The Bertz CT molecular complexity index is 1850. The van der Waals surface area contributed by atoms with Gasteiger partial charge in [-0.05, 0) is 47.5 Å². The molecule has 0 aromatic heterocycles. The maximum Gasteiger partial charge on any atom is 0.206 e. The largest absolute Gasteiger partial charge is 0.298 e. The Morgan fingerprint density at radius 3 is 1.21 bits per heavy atom. The number of Topliss-reactive ketones (excluding diaryl/α,β-unsaturated/α-hetero) is 6. The monoisotopic (exact) mass is 590 g/mol. The molecule has 0 amide bonds. The number of carbonyl (C=O) groups is 6. The highest BCUT2D eigenvalue weighted by Gasteiger charge is 2.45. The number of sulfone groups is 1. The normalized spacial score (nSPS) is 17.6. The van der Waals surface area contributed by atoms with Gasteiger partial charge >= 0.3 is 0 Å². The van der Waals surface area contributed by atoms with Crippen molar-refractivity contribution >= 4 is 44.5 Å². The number of benzene rings is 4. The van der Waals surface area contributed by atoms with E-state index in [1.165, 1.54) is 12.1 Å². The summed E-state index contributed by atoms with van der Waals surface area (Å²) in [6.45, 7) is 0. The summed E-state index contributed by atoms with van der Waals surface area (Å²) in [4.78, 5) is 77.5. The van der Waals surface area contributed by atoms with Gasteiger partial charge in [0, 0.05) is 35.1 Å². The third-order valence-corrected chi connectivity index (χ3v) is 9.55. The molecule has 2 unspecified atom stereocenters. The summed E-state index contributed by atoms with van der Waals surface area (Å²) in [7, 11) is -4.33. The van der Waals surface area contributed by atoms with Crippen molar-refractivity contribution in [2.24, 2.45) is 11.8 Å². The first-order valence-corrected chi connectivity index (χ1v) is 14.9. The predicted octanol–water partition coefficient (Wildman–Crippen LogP) is 4.13. The molecule has 4 aromatic carbocycles. The molecule has 0 spiro atoms. The number of carbonyl (C=O) groups excluding carboxylic acids is 6. The molecule has 2 aliphatic carbocycles. The zero-order valence-electron chi connectivity index (χ0n) is 22.5. The van der Waals surface area contributed by atoms with Crippen LogP contribution in [0.5, 0.6) is 0 Å². The van der Waals surface area contributed by atoms with Gasteiger partial charge in [-0.2, -0.15) is 0 Å². The van der Waals surface area contributed by atoms with E-state index in [4.69, 9.17) is 0 Å². The van der Waals surface area contributed by atoms with Gasteiger partial charge in [0.25, 0.3) is 0 Å². The van der Waals surface area contributed by atoms with E-state index in [1.54, 1.807) is 60.7 Å². The fourth-order valence-corrected chi connectivity index (χ4v) is 6.91. The van der Waals surface area contributed by atoms with E-state index in [2.05, 4.69) is 0 Å². The molecule has 212 valence electrons. The number of rotatable bonds is 8. The van der Waals surface area contributed by atoms with Crippen LogP contribution in [0.25, 0.3) is 0 Å². The molecule has 0 radical (unpaired) electrons. The molecular weight excluding hydrogens is 568 g/mol. The Hall–Kier alpha value is -5.15. The summed E-state index contributed by atoms with van der Waals surface area (Å²) in [5, 5.41) is 0. The van der Waals surface area contributed by atoms with Gasteiger partial charge in [0.2, 0.25) is 9.84 Å². The second kappa shape index (κ2) is 10.6. The highest BCUT2D eigenvalue weighted by molar-refractivity contribution is 7.91. The molecule has 0 heterocycles. The Morgan fingerprint density at radius 1 is 0.488 bits per heavy atom. The van der Waals surface area contributed by atoms with Crippen molar-refractivity contribution in [3.8, 4) is 0 Å². The molecule has 2 aliphatic rings. The van der Waals surface area contributed by atoms with E-state index in [-0.39, 0.29) is 44.9 Å². The van der Waals surface area contributed by atoms with Crippen LogP contribution in [0, 0.1) is 11.8 Å². The number of hydrogen-bond donors (Lipinski definition) is 0. The van der Waals surface area contributed by atoms with Gasteiger partial charge in [0.05, 0.1) is 9.79 Å². The lowest BCUT2D eigenvalue weighted by molar-refractivity contribution is -0.120. The quantitative estimate of drug-likeness (QED) is 0.280.